The van der Waals surface area contributed by atoms with Gasteiger partial charge < -0.3 is 15.5 Å². The van der Waals surface area contributed by atoms with E-state index in [-0.39, 0.29) is 11.9 Å². The molecule has 2 aromatic rings. The molecule has 7 heteroatoms. The molecule has 6 nitrogen and oxygen atoms in total. The van der Waals surface area contributed by atoms with Gasteiger partial charge in [-0.3, -0.25) is 4.79 Å². The smallest absolute Gasteiger partial charge is 0.243 e. The summed E-state index contributed by atoms with van der Waals surface area (Å²) in [6.07, 6.45) is 1.58. The number of nitrogens with zero attached hydrogens (tertiary/aromatic N) is 3. The van der Waals surface area contributed by atoms with E-state index in [9.17, 15) is 4.79 Å². The van der Waals surface area contributed by atoms with Crippen LogP contribution in [0.1, 0.15) is 5.56 Å². The number of hydrogen-bond donors (Lipinski definition) is 2. The number of carbonyl (C=O) groups is 1. The van der Waals surface area contributed by atoms with E-state index >= 15 is 0 Å². The molecule has 0 spiro atoms. The maximum absolute atomic E-state index is 12.1. The fourth-order valence-electron chi connectivity index (χ4n) is 2.52. The minimum Gasteiger partial charge on any atom is -0.357 e. The number of nitrogens with one attached hydrogen (secondary N) is 2. The van der Waals surface area contributed by atoms with Crippen molar-refractivity contribution in [1.29, 1.82) is 0 Å². The molecule has 0 aromatic carbocycles. The first-order chi connectivity index (χ1) is 9.72. The van der Waals surface area contributed by atoms with Gasteiger partial charge in [-0.25, -0.2) is 9.97 Å². The summed E-state index contributed by atoms with van der Waals surface area (Å²) in [5.74, 6) is 0.875. The molecule has 20 heavy (non-hydrogen) atoms. The van der Waals surface area contributed by atoms with Crippen LogP contribution in [0.5, 0.6) is 0 Å². The lowest BCUT2D eigenvalue weighted by atomic mass is 10.1. The van der Waals surface area contributed by atoms with Crippen molar-refractivity contribution < 1.29 is 4.79 Å². The van der Waals surface area contributed by atoms with Crippen LogP contribution in [0.15, 0.2) is 11.7 Å². The van der Waals surface area contributed by atoms with Gasteiger partial charge in [0.15, 0.2) is 5.82 Å². The number of piperazine rings is 1. The minimum absolute atomic E-state index is 0.0113. The van der Waals surface area contributed by atoms with Gasteiger partial charge in [-0.2, -0.15) is 0 Å². The second kappa shape index (κ2) is 5.34. The van der Waals surface area contributed by atoms with Crippen molar-refractivity contribution in [2.24, 2.45) is 0 Å². The summed E-state index contributed by atoms with van der Waals surface area (Å²) in [4.78, 5) is 22.9. The van der Waals surface area contributed by atoms with Gasteiger partial charge in [-0.1, -0.05) is 0 Å². The number of hydrogen-bond acceptors (Lipinski definition) is 6. The quantitative estimate of drug-likeness (QED) is 0.844. The highest BCUT2D eigenvalue weighted by Crippen LogP contribution is 2.31. The summed E-state index contributed by atoms with van der Waals surface area (Å²) in [6.45, 7) is 4.30. The normalized spacial score (nSPS) is 19.3. The maximum atomic E-state index is 12.1. The maximum Gasteiger partial charge on any atom is 0.243 e. The van der Waals surface area contributed by atoms with Crippen molar-refractivity contribution in [3.63, 3.8) is 0 Å². The van der Waals surface area contributed by atoms with E-state index in [0.717, 1.165) is 34.7 Å². The Morgan fingerprint density at radius 3 is 3.20 bits per heavy atom. The van der Waals surface area contributed by atoms with E-state index in [1.807, 2.05) is 6.92 Å². The second-order valence-corrected chi connectivity index (χ2v) is 5.70. The van der Waals surface area contributed by atoms with Crippen molar-refractivity contribution >= 4 is 33.3 Å². The van der Waals surface area contributed by atoms with E-state index < -0.39 is 0 Å². The topological polar surface area (TPSA) is 70.2 Å². The van der Waals surface area contributed by atoms with Crippen LogP contribution in [-0.2, 0) is 4.79 Å². The third kappa shape index (κ3) is 2.12. The third-order valence-electron chi connectivity index (χ3n) is 3.58. The largest absolute Gasteiger partial charge is 0.357 e. The Morgan fingerprint density at radius 1 is 1.55 bits per heavy atom. The van der Waals surface area contributed by atoms with Gasteiger partial charge in [0.05, 0.1) is 10.2 Å². The molecule has 2 aromatic heterocycles. The number of aromatic nitrogens is 2. The molecule has 0 saturated carbocycles. The number of aryl methyl sites for hydroxylation is 1. The van der Waals surface area contributed by atoms with Crippen molar-refractivity contribution in [3.8, 4) is 0 Å². The average molecular weight is 291 g/mol. The summed E-state index contributed by atoms with van der Waals surface area (Å²) in [6, 6.07) is -0.228. The SMILES string of the molecule is CNC(=O)C1CNCCN1c1ncnc2c(C)csc12. The lowest BCUT2D eigenvalue weighted by Crippen LogP contribution is -2.58. The number of carbonyl (C=O) groups excluding carboxylic acids is 1. The van der Waals surface area contributed by atoms with Gasteiger partial charge in [0.25, 0.3) is 0 Å². The van der Waals surface area contributed by atoms with Gasteiger partial charge in [0.2, 0.25) is 5.91 Å². The van der Waals surface area contributed by atoms with Gasteiger partial charge in [0, 0.05) is 26.7 Å². The summed E-state index contributed by atoms with van der Waals surface area (Å²) in [5.41, 5.74) is 2.13. The molecule has 0 bridgehead atoms. The monoisotopic (exact) mass is 291 g/mol. The standard InChI is InChI=1S/C13H17N5OS/c1-8-6-20-11-10(8)16-7-17-12(11)18-4-3-15-5-9(18)13(19)14-2/h6-7,9,15H,3-5H2,1-2H3,(H,14,19). The molecule has 1 unspecified atom stereocenters. The van der Waals surface area contributed by atoms with E-state index in [0.29, 0.717) is 6.54 Å². The summed E-state index contributed by atoms with van der Waals surface area (Å²) in [5, 5.41) is 8.07. The van der Waals surface area contributed by atoms with Crippen molar-refractivity contribution in [1.82, 2.24) is 20.6 Å². The highest BCUT2D eigenvalue weighted by Gasteiger charge is 2.30. The Balaban J connectivity index is 2.05. The summed E-state index contributed by atoms with van der Waals surface area (Å²) in [7, 11) is 1.67. The van der Waals surface area contributed by atoms with Crippen LogP contribution in [-0.4, -0.2) is 48.6 Å². The van der Waals surface area contributed by atoms with Crippen LogP contribution < -0.4 is 15.5 Å². The molecule has 3 heterocycles. The van der Waals surface area contributed by atoms with E-state index in [1.54, 1.807) is 24.7 Å². The zero-order valence-corrected chi connectivity index (χ0v) is 12.3. The van der Waals surface area contributed by atoms with Gasteiger partial charge in [-0.05, 0) is 17.9 Å². The number of amides is 1. The highest BCUT2D eigenvalue weighted by atomic mass is 32.1. The molecular formula is C13H17N5OS. The molecule has 106 valence electrons. The van der Waals surface area contributed by atoms with E-state index in [4.69, 9.17) is 0 Å². The average Bonchev–Trinajstić information content (AvgIpc) is 2.88. The van der Waals surface area contributed by atoms with Crippen LogP contribution >= 0.6 is 11.3 Å². The van der Waals surface area contributed by atoms with E-state index in [1.165, 1.54) is 0 Å². The number of anilines is 1. The van der Waals surface area contributed by atoms with Gasteiger partial charge >= 0.3 is 0 Å². The van der Waals surface area contributed by atoms with Crippen LogP contribution in [0.3, 0.4) is 0 Å². The molecule has 1 aliphatic rings. The Bertz CT molecular complexity index is 641. The molecular weight excluding hydrogens is 274 g/mol. The molecule has 1 atom stereocenters. The van der Waals surface area contributed by atoms with Crippen LogP contribution in [0.4, 0.5) is 5.82 Å². The number of rotatable bonds is 2. The minimum atomic E-state index is -0.228. The summed E-state index contributed by atoms with van der Waals surface area (Å²) < 4.78 is 1.06. The fourth-order valence-corrected chi connectivity index (χ4v) is 3.53. The lowest BCUT2D eigenvalue weighted by Gasteiger charge is -2.35. The molecule has 0 radical (unpaired) electrons. The van der Waals surface area contributed by atoms with Crippen molar-refractivity contribution in [2.75, 3.05) is 31.6 Å². The number of likely N-dealkylation sites (N-methyl/N-ethyl adjacent to an activating group) is 1. The Labute approximate surface area is 121 Å². The van der Waals surface area contributed by atoms with Crippen LogP contribution in [0.25, 0.3) is 10.2 Å². The third-order valence-corrected chi connectivity index (χ3v) is 4.66. The first kappa shape index (κ1) is 13.3. The van der Waals surface area contributed by atoms with Crippen molar-refractivity contribution in [3.05, 3.63) is 17.3 Å². The van der Waals surface area contributed by atoms with Crippen LogP contribution in [0.2, 0.25) is 0 Å². The van der Waals surface area contributed by atoms with Crippen molar-refractivity contribution in [2.45, 2.75) is 13.0 Å². The van der Waals surface area contributed by atoms with E-state index in [2.05, 4.69) is 30.9 Å². The number of fused-ring (bicyclic) bond motifs is 1. The summed E-state index contributed by atoms with van der Waals surface area (Å²) >= 11 is 1.64. The number of thiophene rings is 1. The second-order valence-electron chi connectivity index (χ2n) is 4.82. The molecule has 2 N–H and O–H groups in total. The van der Waals surface area contributed by atoms with Crippen LogP contribution in [0, 0.1) is 6.92 Å². The Morgan fingerprint density at radius 2 is 2.40 bits per heavy atom. The Hall–Kier alpha value is -1.73. The molecule has 1 saturated heterocycles. The predicted octanol–water partition coefficient (Wildman–Crippen LogP) is 0.524. The molecule has 1 fully saturated rings. The molecule has 0 aliphatic carbocycles. The first-order valence-corrected chi connectivity index (χ1v) is 7.48. The Kier molecular flexibility index (Phi) is 3.54. The zero-order valence-electron chi connectivity index (χ0n) is 11.5. The molecule has 1 aliphatic heterocycles. The van der Waals surface area contributed by atoms with Gasteiger partial charge in [0.1, 0.15) is 12.4 Å². The lowest BCUT2D eigenvalue weighted by molar-refractivity contribution is -0.122. The fraction of sp³-hybridized carbons (Fsp3) is 0.462. The zero-order chi connectivity index (χ0) is 14.1. The molecule has 1 amide bonds. The highest BCUT2D eigenvalue weighted by molar-refractivity contribution is 7.18. The predicted molar refractivity (Wildman–Crippen MR) is 80.2 cm³/mol. The molecule has 3 rings (SSSR count). The van der Waals surface area contributed by atoms with Gasteiger partial charge in [-0.15, -0.1) is 11.3 Å². The first-order valence-electron chi connectivity index (χ1n) is 6.60.